The summed E-state index contributed by atoms with van der Waals surface area (Å²) in [5, 5.41) is 3.44. The summed E-state index contributed by atoms with van der Waals surface area (Å²) in [7, 11) is 0. The first-order valence-corrected chi connectivity index (χ1v) is 7.21. The first kappa shape index (κ1) is 14.2. The Morgan fingerprint density at radius 3 is 2.74 bits per heavy atom. The number of carbonyl (C=O) groups excluding carboxylic acids is 1. The van der Waals surface area contributed by atoms with Gasteiger partial charge in [0.25, 0.3) is 5.91 Å². The van der Waals surface area contributed by atoms with Gasteiger partial charge in [-0.2, -0.15) is 0 Å². The van der Waals surface area contributed by atoms with Crippen LogP contribution in [0.5, 0.6) is 0 Å². The first-order valence-electron chi connectivity index (χ1n) is 6.83. The Kier molecular flexibility index (Phi) is 4.35. The van der Waals surface area contributed by atoms with E-state index in [2.05, 4.69) is 12.2 Å². The third-order valence-electron chi connectivity index (χ3n) is 3.97. The van der Waals surface area contributed by atoms with Crippen LogP contribution in [0, 0.1) is 5.41 Å². The molecule has 2 rings (SSSR count). The van der Waals surface area contributed by atoms with Crippen molar-refractivity contribution >= 4 is 23.2 Å². The molecule has 0 aliphatic heterocycles. The summed E-state index contributed by atoms with van der Waals surface area (Å²) in [4.78, 5) is 12.2. The van der Waals surface area contributed by atoms with Crippen molar-refractivity contribution in [3.63, 3.8) is 0 Å². The predicted molar refractivity (Wildman–Crippen MR) is 79.4 cm³/mol. The van der Waals surface area contributed by atoms with Gasteiger partial charge in [-0.15, -0.1) is 0 Å². The van der Waals surface area contributed by atoms with Gasteiger partial charge >= 0.3 is 0 Å². The molecule has 0 heterocycles. The largest absolute Gasteiger partial charge is 0.399 e. The molecule has 0 spiro atoms. The van der Waals surface area contributed by atoms with Crippen molar-refractivity contribution in [1.29, 1.82) is 0 Å². The van der Waals surface area contributed by atoms with Crippen molar-refractivity contribution < 1.29 is 4.79 Å². The average Bonchev–Trinajstić information content (AvgIpc) is 2.40. The van der Waals surface area contributed by atoms with Crippen molar-refractivity contribution in [1.82, 2.24) is 5.32 Å². The van der Waals surface area contributed by atoms with Crippen LogP contribution in [-0.2, 0) is 0 Å². The molecule has 104 valence electrons. The summed E-state index contributed by atoms with van der Waals surface area (Å²) < 4.78 is 0. The van der Waals surface area contributed by atoms with E-state index >= 15 is 0 Å². The lowest BCUT2D eigenvalue weighted by molar-refractivity contribution is 0.0919. The van der Waals surface area contributed by atoms with E-state index in [-0.39, 0.29) is 11.3 Å². The summed E-state index contributed by atoms with van der Waals surface area (Å²) in [6.07, 6.45) is 6.18. The van der Waals surface area contributed by atoms with E-state index in [1.165, 1.54) is 32.1 Å². The quantitative estimate of drug-likeness (QED) is 0.831. The van der Waals surface area contributed by atoms with Crippen LogP contribution in [0.2, 0.25) is 5.02 Å². The van der Waals surface area contributed by atoms with Gasteiger partial charge in [0.1, 0.15) is 0 Å². The van der Waals surface area contributed by atoms with E-state index < -0.39 is 0 Å². The van der Waals surface area contributed by atoms with Gasteiger partial charge < -0.3 is 11.1 Å². The van der Waals surface area contributed by atoms with Crippen LogP contribution in [0.25, 0.3) is 0 Å². The van der Waals surface area contributed by atoms with Gasteiger partial charge in [0, 0.05) is 12.2 Å². The van der Waals surface area contributed by atoms with Crippen LogP contribution >= 0.6 is 11.6 Å². The van der Waals surface area contributed by atoms with Crippen molar-refractivity contribution in [3.05, 3.63) is 28.8 Å². The second-order valence-electron chi connectivity index (χ2n) is 5.79. The van der Waals surface area contributed by atoms with E-state index in [0.29, 0.717) is 22.8 Å². The van der Waals surface area contributed by atoms with Gasteiger partial charge in [0.2, 0.25) is 0 Å². The first-order chi connectivity index (χ1) is 9.00. The second kappa shape index (κ2) is 5.83. The maximum atomic E-state index is 12.2. The standard InChI is InChI=1S/C15H21ClN2O/c1-15(7-3-2-4-8-15)10-18-14(19)12-9-11(17)5-6-13(12)16/h5-6,9H,2-4,7-8,10,17H2,1H3,(H,18,19). The van der Waals surface area contributed by atoms with E-state index in [1.54, 1.807) is 18.2 Å². The molecule has 1 amide bonds. The Morgan fingerprint density at radius 2 is 2.05 bits per heavy atom. The third kappa shape index (κ3) is 3.63. The number of nitrogens with two attached hydrogens (primary N) is 1. The molecule has 3 N–H and O–H groups in total. The van der Waals surface area contributed by atoms with Gasteiger partial charge in [-0.05, 0) is 36.5 Å². The summed E-state index contributed by atoms with van der Waals surface area (Å²) in [5.41, 5.74) is 6.93. The zero-order valence-corrected chi connectivity index (χ0v) is 12.1. The molecule has 1 aromatic rings. The smallest absolute Gasteiger partial charge is 0.252 e. The van der Waals surface area contributed by atoms with E-state index in [0.717, 1.165) is 0 Å². The van der Waals surface area contributed by atoms with Crippen LogP contribution in [0.4, 0.5) is 5.69 Å². The van der Waals surface area contributed by atoms with Crippen molar-refractivity contribution in [2.75, 3.05) is 12.3 Å². The molecule has 0 atom stereocenters. The maximum absolute atomic E-state index is 12.2. The maximum Gasteiger partial charge on any atom is 0.252 e. The Balaban J connectivity index is 1.99. The highest BCUT2D eigenvalue weighted by atomic mass is 35.5. The molecule has 1 aliphatic rings. The number of amides is 1. The third-order valence-corrected chi connectivity index (χ3v) is 4.30. The zero-order valence-electron chi connectivity index (χ0n) is 11.3. The highest BCUT2D eigenvalue weighted by Crippen LogP contribution is 2.35. The number of halogens is 1. The van der Waals surface area contributed by atoms with Gasteiger partial charge in [0.05, 0.1) is 10.6 Å². The van der Waals surface area contributed by atoms with E-state index in [1.807, 2.05) is 0 Å². The Hall–Kier alpha value is -1.22. The SMILES string of the molecule is CC1(CNC(=O)c2cc(N)ccc2Cl)CCCCC1. The van der Waals surface area contributed by atoms with Crippen LogP contribution in [0.1, 0.15) is 49.4 Å². The molecule has 1 fully saturated rings. The van der Waals surface area contributed by atoms with E-state index in [9.17, 15) is 4.79 Å². The fourth-order valence-electron chi connectivity index (χ4n) is 2.69. The topological polar surface area (TPSA) is 55.1 Å². The number of nitrogens with one attached hydrogen (secondary N) is 1. The molecule has 0 saturated heterocycles. The summed E-state index contributed by atoms with van der Waals surface area (Å²) in [6, 6.07) is 4.98. The highest BCUT2D eigenvalue weighted by molar-refractivity contribution is 6.34. The lowest BCUT2D eigenvalue weighted by atomic mass is 9.76. The highest BCUT2D eigenvalue weighted by Gasteiger charge is 2.27. The van der Waals surface area contributed by atoms with Crippen LogP contribution in [-0.4, -0.2) is 12.5 Å². The summed E-state index contributed by atoms with van der Waals surface area (Å²) >= 11 is 6.03. The molecular weight excluding hydrogens is 260 g/mol. The molecule has 4 heteroatoms. The molecule has 19 heavy (non-hydrogen) atoms. The molecule has 3 nitrogen and oxygen atoms in total. The van der Waals surface area contributed by atoms with Crippen LogP contribution in [0.15, 0.2) is 18.2 Å². The van der Waals surface area contributed by atoms with Crippen molar-refractivity contribution in [2.45, 2.75) is 39.0 Å². The Bertz CT molecular complexity index is 467. The van der Waals surface area contributed by atoms with Gasteiger partial charge in [-0.1, -0.05) is 37.8 Å². The minimum Gasteiger partial charge on any atom is -0.399 e. The number of anilines is 1. The average molecular weight is 281 g/mol. The molecule has 0 bridgehead atoms. The monoisotopic (exact) mass is 280 g/mol. The van der Waals surface area contributed by atoms with Crippen molar-refractivity contribution in [3.8, 4) is 0 Å². The van der Waals surface area contributed by atoms with Gasteiger partial charge in [0.15, 0.2) is 0 Å². The summed E-state index contributed by atoms with van der Waals surface area (Å²) in [6.45, 7) is 2.95. The lowest BCUT2D eigenvalue weighted by Crippen LogP contribution is -2.37. The van der Waals surface area contributed by atoms with Gasteiger partial charge in [-0.3, -0.25) is 4.79 Å². The Labute approximate surface area is 119 Å². The number of nitrogen functional groups attached to an aromatic ring is 1. The number of hydrogen-bond acceptors (Lipinski definition) is 2. The Morgan fingerprint density at radius 1 is 1.37 bits per heavy atom. The lowest BCUT2D eigenvalue weighted by Gasteiger charge is -2.33. The normalized spacial score (nSPS) is 18.0. The predicted octanol–water partition coefficient (Wildman–Crippen LogP) is 3.62. The molecule has 0 aromatic heterocycles. The molecule has 1 saturated carbocycles. The molecule has 0 unspecified atom stereocenters. The van der Waals surface area contributed by atoms with Gasteiger partial charge in [-0.25, -0.2) is 0 Å². The second-order valence-corrected chi connectivity index (χ2v) is 6.20. The van der Waals surface area contributed by atoms with Crippen LogP contribution < -0.4 is 11.1 Å². The van der Waals surface area contributed by atoms with E-state index in [4.69, 9.17) is 17.3 Å². The molecular formula is C15H21ClN2O. The molecule has 0 radical (unpaired) electrons. The number of hydrogen-bond donors (Lipinski definition) is 2. The minimum absolute atomic E-state index is 0.135. The zero-order chi connectivity index (χ0) is 13.9. The fourth-order valence-corrected chi connectivity index (χ4v) is 2.89. The number of carbonyl (C=O) groups is 1. The molecule has 1 aromatic carbocycles. The molecule has 1 aliphatic carbocycles. The fraction of sp³-hybridized carbons (Fsp3) is 0.533. The number of rotatable bonds is 3. The van der Waals surface area contributed by atoms with Crippen molar-refractivity contribution in [2.24, 2.45) is 5.41 Å². The minimum atomic E-state index is -0.135. The van der Waals surface area contributed by atoms with Crippen LogP contribution in [0.3, 0.4) is 0 Å². The summed E-state index contributed by atoms with van der Waals surface area (Å²) in [5.74, 6) is -0.135. The number of benzene rings is 1.